The molecule has 0 fully saturated rings. The van der Waals surface area contributed by atoms with Crippen molar-refractivity contribution in [3.8, 4) is 50.5 Å². The lowest BCUT2D eigenvalue weighted by atomic mass is 9.86. The summed E-state index contributed by atoms with van der Waals surface area (Å²) in [6.07, 6.45) is 0. The van der Waals surface area contributed by atoms with E-state index in [9.17, 15) is 0 Å². The van der Waals surface area contributed by atoms with E-state index in [0.29, 0.717) is 0 Å². The van der Waals surface area contributed by atoms with Crippen LogP contribution in [0.3, 0.4) is 0 Å². The van der Waals surface area contributed by atoms with Gasteiger partial charge in [0.2, 0.25) is 0 Å². The smallest absolute Gasteiger partial charge is 0.0979 e. The number of para-hydroxylation sites is 4. The molecule has 10 aromatic carbocycles. The Hall–Kier alpha value is -7.62. The minimum atomic E-state index is 0.919. The van der Waals surface area contributed by atoms with Crippen molar-refractivity contribution in [2.75, 3.05) is 0 Å². The number of benzene rings is 10. The van der Waals surface area contributed by atoms with E-state index in [1.165, 1.54) is 92.8 Å². The molecule has 0 radical (unpaired) electrons. The van der Waals surface area contributed by atoms with E-state index < -0.39 is 0 Å². The number of hydrogen-bond acceptors (Lipinski definition) is 2. The van der Waals surface area contributed by atoms with Gasteiger partial charge >= 0.3 is 0 Å². The summed E-state index contributed by atoms with van der Waals surface area (Å²) >= 11 is 0. The van der Waals surface area contributed by atoms with Crippen molar-refractivity contribution in [3.63, 3.8) is 0 Å². The van der Waals surface area contributed by atoms with Crippen LogP contribution in [0.2, 0.25) is 0 Å². The maximum Gasteiger partial charge on any atom is 0.0979 e. The van der Waals surface area contributed by atoms with E-state index in [-0.39, 0.29) is 0 Å². The fourth-order valence-corrected chi connectivity index (χ4v) is 9.89. The molecular weight excluding hydrogens is 691 g/mol. The average Bonchev–Trinajstić information content (AvgIpc) is 3.77. The van der Waals surface area contributed by atoms with Crippen LogP contribution in [0.1, 0.15) is 0 Å². The SMILES string of the molecule is c1ccc2c(-c3c4ccccc4c(-n4c5ccccc5c5ccccc54)c4cc(-c5ccc6c7c(cccc57)-c5nc7ccccc7nc5-6)ccc34)cccc2c1. The van der Waals surface area contributed by atoms with Gasteiger partial charge in [-0.15, -0.1) is 0 Å². The molecule has 2 heterocycles. The van der Waals surface area contributed by atoms with Crippen molar-refractivity contribution < 1.29 is 0 Å². The molecule has 0 saturated heterocycles. The van der Waals surface area contributed by atoms with Crippen molar-refractivity contribution in [1.82, 2.24) is 14.5 Å². The summed E-state index contributed by atoms with van der Waals surface area (Å²) in [7, 11) is 0. The Bertz CT molecular complexity index is 3600. The molecule has 0 N–H and O–H groups in total. The molecule has 0 saturated carbocycles. The topological polar surface area (TPSA) is 30.7 Å². The Morgan fingerprint density at radius 3 is 1.61 bits per heavy atom. The summed E-state index contributed by atoms with van der Waals surface area (Å²) in [4.78, 5) is 10.3. The third-order valence-corrected chi connectivity index (χ3v) is 12.3. The van der Waals surface area contributed by atoms with Crippen molar-refractivity contribution >= 4 is 75.9 Å². The van der Waals surface area contributed by atoms with Crippen LogP contribution in [0.4, 0.5) is 0 Å². The van der Waals surface area contributed by atoms with Gasteiger partial charge < -0.3 is 4.57 Å². The summed E-state index contributed by atoms with van der Waals surface area (Å²) in [6, 6.07) is 68.7. The number of aromatic nitrogens is 3. The van der Waals surface area contributed by atoms with Gasteiger partial charge in [-0.05, 0) is 79.5 Å². The minimum absolute atomic E-state index is 0.919. The van der Waals surface area contributed by atoms with Gasteiger partial charge in [0.15, 0.2) is 0 Å². The van der Waals surface area contributed by atoms with Gasteiger partial charge in [0.25, 0.3) is 0 Å². The predicted molar refractivity (Wildman–Crippen MR) is 239 cm³/mol. The molecule has 57 heavy (non-hydrogen) atoms. The van der Waals surface area contributed by atoms with Crippen LogP contribution in [-0.2, 0) is 0 Å². The fourth-order valence-electron chi connectivity index (χ4n) is 9.89. The molecule has 0 amide bonds. The zero-order valence-corrected chi connectivity index (χ0v) is 30.7. The third kappa shape index (κ3) is 4.20. The standard InChI is InChI=1S/C54H31N3/c1-2-15-34-32(13-1)14-11-20-38(34)50-40-18-3-4-19-42(40)54(57-48-25-9-5-16-36(48)37-17-6-10-26-49(37)57)45-31-33(27-28-41(45)50)35-29-30-44-51-39(35)21-12-22-43(51)52-53(44)56-47-24-8-7-23-46(47)55-52/h1-31H. The number of rotatable bonds is 3. The highest BCUT2D eigenvalue weighted by Crippen LogP contribution is 2.50. The average molecular weight is 722 g/mol. The first kappa shape index (κ1) is 30.7. The highest BCUT2D eigenvalue weighted by molar-refractivity contribution is 6.24. The Labute approximate surface area is 327 Å². The van der Waals surface area contributed by atoms with Crippen molar-refractivity contribution in [3.05, 3.63) is 188 Å². The molecule has 0 unspecified atom stereocenters. The van der Waals surface area contributed by atoms with Crippen molar-refractivity contribution in [2.24, 2.45) is 0 Å². The molecule has 0 spiro atoms. The Balaban J connectivity index is 1.16. The van der Waals surface area contributed by atoms with Crippen LogP contribution in [0.25, 0.3) is 126 Å². The lowest BCUT2D eigenvalue weighted by Gasteiger charge is -2.21. The van der Waals surface area contributed by atoms with Gasteiger partial charge in [0.05, 0.1) is 39.1 Å². The van der Waals surface area contributed by atoms with Crippen molar-refractivity contribution in [2.45, 2.75) is 0 Å². The summed E-state index contributed by atoms with van der Waals surface area (Å²) in [5.74, 6) is 0. The van der Waals surface area contributed by atoms with Crippen LogP contribution in [0.15, 0.2) is 188 Å². The summed E-state index contributed by atoms with van der Waals surface area (Å²) < 4.78 is 2.51. The first-order valence-electron chi connectivity index (χ1n) is 19.6. The monoisotopic (exact) mass is 721 g/mol. The molecule has 13 rings (SSSR count). The second kappa shape index (κ2) is 11.5. The Kier molecular flexibility index (Phi) is 6.16. The van der Waals surface area contributed by atoms with Crippen LogP contribution >= 0.6 is 0 Å². The zero-order chi connectivity index (χ0) is 37.2. The van der Waals surface area contributed by atoms with Gasteiger partial charge in [-0.25, -0.2) is 9.97 Å². The van der Waals surface area contributed by atoms with Gasteiger partial charge in [-0.1, -0.05) is 158 Å². The molecule has 1 aliphatic carbocycles. The van der Waals surface area contributed by atoms with E-state index in [2.05, 4.69) is 180 Å². The first-order valence-corrected chi connectivity index (χ1v) is 19.6. The van der Waals surface area contributed by atoms with Crippen LogP contribution in [0, 0.1) is 0 Å². The van der Waals surface area contributed by atoms with Crippen LogP contribution < -0.4 is 0 Å². The number of fused-ring (bicyclic) bond motifs is 10. The molecule has 2 aromatic heterocycles. The number of nitrogens with zero attached hydrogens (tertiary/aromatic N) is 3. The largest absolute Gasteiger partial charge is 0.308 e. The predicted octanol–water partition coefficient (Wildman–Crippen LogP) is 14.3. The van der Waals surface area contributed by atoms with Gasteiger partial charge in [0.1, 0.15) is 0 Å². The maximum atomic E-state index is 5.15. The third-order valence-electron chi connectivity index (χ3n) is 12.3. The van der Waals surface area contributed by atoms with E-state index in [1.807, 2.05) is 12.1 Å². The molecule has 3 heteroatoms. The molecular formula is C54H31N3. The quantitative estimate of drug-likeness (QED) is 0.170. The zero-order valence-electron chi connectivity index (χ0n) is 30.7. The molecule has 262 valence electrons. The Morgan fingerprint density at radius 2 is 0.860 bits per heavy atom. The fraction of sp³-hybridized carbons (Fsp3) is 0. The highest BCUT2D eigenvalue weighted by atomic mass is 15.0. The van der Waals surface area contributed by atoms with Crippen LogP contribution in [-0.4, -0.2) is 14.5 Å². The number of hydrogen-bond donors (Lipinski definition) is 0. The van der Waals surface area contributed by atoms with E-state index >= 15 is 0 Å². The normalized spacial score (nSPS) is 12.2. The molecule has 1 aliphatic rings. The molecule has 3 nitrogen and oxygen atoms in total. The van der Waals surface area contributed by atoms with E-state index in [1.54, 1.807) is 0 Å². The molecule has 0 bridgehead atoms. The Morgan fingerprint density at radius 1 is 0.333 bits per heavy atom. The second-order valence-electron chi connectivity index (χ2n) is 15.2. The maximum absolute atomic E-state index is 5.15. The highest BCUT2D eigenvalue weighted by Gasteiger charge is 2.27. The van der Waals surface area contributed by atoms with E-state index in [4.69, 9.17) is 9.97 Å². The van der Waals surface area contributed by atoms with E-state index in [0.717, 1.165) is 33.5 Å². The summed E-state index contributed by atoms with van der Waals surface area (Å²) in [6.45, 7) is 0. The molecule has 0 aliphatic heterocycles. The lowest BCUT2D eigenvalue weighted by Crippen LogP contribution is -1.99. The molecule has 0 atom stereocenters. The first-order chi connectivity index (χ1) is 28.3. The van der Waals surface area contributed by atoms with Gasteiger partial charge in [-0.3, -0.25) is 0 Å². The van der Waals surface area contributed by atoms with Gasteiger partial charge in [0, 0.05) is 38.1 Å². The summed E-state index contributed by atoms with van der Waals surface area (Å²) in [5.41, 5.74) is 14.5. The van der Waals surface area contributed by atoms with Crippen LogP contribution in [0.5, 0.6) is 0 Å². The lowest BCUT2D eigenvalue weighted by molar-refractivity contribution is 1.21. The summed E-state index contributed by atoms with van der Waals surface area (Å²) in [5, 5.41) is 12.3. The van der Waals surface area contributed by atoms with Crippen molar-refractivity contribution in [1.29, 1.82) is 0 Å². The minimum Gasteiger partial charge on any atom is -0.308 e. The van der Waals surface area contributed by atoms with Gasteiger partial charge in [-0.2, -0.15) is 0 Å². The second-order valence-corrected chi connectivity index (χ2v) is 15.2. The molecule has 12 aromatic rings.